The lowest BCUT2D eigenvalue weighted by Gasteiger charge is -2.02. The second kappa shape index (κ2) is 4.72. The number of halogens is 2. The number of rotatable bonds is 3. The van der Waals surface area contributed by atoms with Gasteiger partial charge in [-0.25, -0.2) is 4.39 Å². The lowest BCUT2D eigenvalue weighted by molar-refractivity contribution is 0.0992. The van der Waals surface area contributed by atoms with Gasteiger partial charge in [0.15, 0.2) is 5.78 Å². The van der Waals surface area contributed by atoms with Crippen LogP contribution < -0.4 is 0 Å². The van der Waals surface area contributed by atoms with Gasteiger partial charge in [-0.15, -0.1) is 0 Å². The first-order valence-corrected chi connectivity index (χ1v) is 5.46. The molecule has 0 aliphatic carbocycles. The summed E-state index contributed by atoms with van der Waals surface area (Å²) >= 11 is 5.85. The maximum Gasteiger partial charge on any atom is 0.170 e. The van der Waals surface area contributed by atoms with Gasteiger partial charge in [0.25, 0.3) is 0 Å². The second-order valence-electron chi connectivity index (χ2n) is 3.78. The van der Waals surface area contributed by atoms with Crippen molar-refractivity contribution in [2.45, 2.75) is 13.3 Å². The highest BCUT2D eigenvalue weighted by Crippen LogP contribution is 2.19. The standard InChI is InChI=1S/C13H10ClFO2/c1-8-4-10(7-17-8)13(16)5-9-2-3-11(15)6-12(9)14/h2-4,6-7H,5H2,1H3. The van der Waals surface area contributed by atoms with Crippen LogP contribution in [-0.2, 0) is 6.42 Å². The van der Waals surface area contributed by atoms with Crippen molar-refractivity contribution in [3.8, 4) is 0 Å². The topological polar surface area (TPSA) is 30.2 Å². The number of carbonyl (C=O) groups excluding carboxylic acids is 1. The van der Waals surface area contributed by atoms with E-state index >= 15 is 0 Å². The minimum Gasteiger partial charge on any atom is -0.469 e. The molecule has 0 bridgehead atoms. The molecule has 0 atom stereocenters. The Bertz CT molecular complexity index is 560. The van der Waals surface area contributed by atoms with E-state index in [1.165, 1.54) is 24.5 Å². The molecule has 0 N–H and O–H groups in total. The van der Waals surface area contributed by atoms with Crippen molar-refractivity contribution in [2.24, 2.45) is 0 Å². The van der Waals surface area contributed by atoms with Gasteiger partial charge in [0.05, 0.1) is 5.56 Å². The predicted octanol–water partition coefficient (Wildman–Crippen LogP) is 3.81. The molecule has 1 aromatic heterocycles. The smallest absolute Gasteiger partial charge is 0.170 e. The number of hydrogen-bond acceptors (Lipinski definition) is 2. The highest BCUT2D eigenvalue weighted by atomic mass is 35.5. The van der Waals surface area contributed by atoms with Crippen LogP contribution in [0.1, 0.15) is 21.7 Å². The summed E-state index contributed by atoms with van der Waals surface area (Å²) in [5.41, 5.74) is 1.11. The number of hydrogen-bond donors (Lipinski definition) is 0. The van der Waals surface area contributed by atoms with Gasteiger partial charge in [0.1, 0.15) is 17.8 Å². The first kappa shape index (κ1) is 11.9. The molecular formula is C13H10ClFO2. The van der Waals surface area contributed by atoms with Crippen molar-refractivity contribution in [1.82, 2.24) is 0 Å². The quantitative estimate of drug-likeness (QED) is 0.778. The van der Waals surface area contributed by atoms with E-state index in [4.69, 9.17) is 16.0 Å². The van der Waals surface area contributed by atoms with Gasteiger partial charge >= 0.3 is 0 Å². The molecule has 2 aromatic rings. The van der Waals surface area contributed by atoms with E-state index in [1.807, 2.05) is 0 Å². The normalized spacial score (nSPS) is 10.5. The SMILES string of the molecule is Cc1cc(C(=O)Cc2ccc(F)cc2Cl)co1. The van der Waals surface area contributed by atoms with E-state index in [1.54, 1.807) is 13.0 Å². The summed E-state index contributed by atoms with van der Waals surface area (Å²) in [6.45, 7) is 1.77. The minimum atomic E-state index is -0.412. The van der Waals surface area contributed by atoms with Crippen LogP contribution in [-0.4, -0.2) is 5.78 Å². The number of aryl methyl sites for hydroxylation is 1. The van der Waals surface area contributed by atoms with E-state index in [0.717, 1.165) is 0 Å². The first-order valence-electron chi connectivity index (χ1n) is 5.08. The van der Waals surface area contributed by atoms with Crippen LogP contribution >= 0.6 is 11.6 Å². The zero-order valence-corrected chi connectivity index (χ0v) is 9.92. The monoisotopic (exact) mass is 252 g/mol. The molecule has 88 valence electrons. The van der Waals surface area contributed by atoms with E-state index in [2.05, 4.69) is 0 Å². The van der Waals surface area contributed by atoms with Crippen LogP contribution in [0.15, 0.2) is 34.9 Å². The molecule has 0 amide bonds. The third-order valence-corrected chi connectivity index (χ3v) is 2.77. The third kappa shape index (κ3) is 2.74. The number of carbonyl (C=O) groups is 1. The molecule has 0 fully saturated rings. The molecule has 1 aromatic carbocycles. The second-order valence-corrected chi connectivity index (χ2v) is 4.19. The number of ketones is 1. The van der Waals surface area contributed by atoms with Gasteiger partial charge < -0.3 is 4.42 Å². The highest BCUT2D eigenvalue weighted by Gasteiger charge is 2.12. The fourth-order valence-electron chi connectivity index (χ4n) is 1.53. The Morgan fingerprint density at radius 3 is 2.76 bits per heavy atom. The van der Waals surface area contributed by atoms with Crippen molar-refractivity contribution in [3.05, 3.63) is 58.3 Å². The van der Waals surface area contributed by atoms with Gasteiger partial charge in [-0.3, -0.25) is 4.79 Å². The summed E-state index contributed by atoms with van der Waals surface area (Å²) < 4.78 is 17.9. The van der Waals surface area contributed by atoms with E-state index in [9.17, 15) is 9.18 Å². The Morgan fingerprint density at radius 2 is 2.18 bits per heavy atom. The van der Waals surface area contributed by atoms with E-state index in [0.29, 0.717) is 16.9 Å². The first-order chi connectivity index (χ1) is 8.06. The van der Waals surface area contributed by atoms with Crippen LogP contribution in [0.4, 0.5) is 4.39 Å². The van der Waals surface area contributed by atoms with Crippen molar-refractivity contribution >= 4 is 17.4 Å². The summed E-state index contributed by atoms with van der Waals surface area (Å²) in [6, 6.07) is 5.67. The molecule has 2 nitrogen and oxygen atoms in total. The summed E-state index contributed by atoms with van der Waals surface area (Å²) in [7, 11) is 0. The van der Waals surface area contributed by atoms with Gasteiger partial charge in [0, 0.05) is 11.4 Å². The van der Waals surface area contributed by atoms with Crippen molar-refractivity contribution < 1.29 is 13.6 Å². The molecule has 4 heteroatoms. The highest BCUT2D eigenvalue weighted by molar-refractivity contribution is 6.31. The van der Waals surface area contributed by atoms with Gasteiger partial charge in [-0.2, -0.15) is 0 Å². The van der Waals surface area contributed by atoms with Crippen molar-refractivity contribution in [1.29, 1.82) is 0 Å². The molecule has 0 aliphatic heterocycles. The minimum absolute atomic E-state index is 0.102. The summed E-state index contributed by atoms with van der Waals surface area (Å²) in [5, 5.41) is 0.263. The summed E-state index contributed by atoms with van der Waals surface area (Å²) in [5.74, 6) is 0.166. The van der Waals surface area contributed by atoms with Crippen LogP contribution in [0.5, 0.6) is 0 Å². The number of furan rings is 1. The Morgan fingerprint density at radius 1 is 1.41 bits per heavy atom. The molecule has 0 aliphatic rings. The van der Waals surface area contributed by atoms with E-state index in [-0.39, 0.29) is 17.2 Å². The third-order valence-electron chi connectivity index (χ3n) is 2.42. The fraction of sp³-hybridized carbons (Fsp3) is 0.154. The molecular weight excluding hydrogens is 243 g/mol. The number of benzene rings is 1. The summed E-state index contributed by atoms with van der Waals surface area (Å²) in [4.78, 5) is 11.9. The zero-order valence-electron chi connectivity index (χ0n) is 9.17. The molecule has 0 saturated heterocycles. The maximum absolute atomic E-state index is 12.8. The van der Waals surface area contributed by atoms with Crippen molar-refractivity contribution in [3.63, 3.8) is 0 Å². The Hall–Kier alpha value is -1.61. The zero-order chi connectivity index (χ0) is 12.4. The van der Waals surface area contributed by atoms with Gasteiger partial charge in [-0.05, 0) is 30.7 Å². The Kier molecular flexibility index (Phi) is 3.29. The molecule has 1 heterocycles. The average Bonchev–Trinajstić information content (AvgIpc) is 2.69. The average molecular weight is 253 g/mol. The van der Waals surface area contributed by atoms with Crippen molar-refractivity contribution in [2.75, 3.05) is 0 Å². The fourth-order valence-corrected chi connectivity index (χ4v) is 1.76. The van der Waals surface area contributed by atoms with E-state index < -0.39 is 5.82 Å². The molecule has 0 spiro atoms. The van der Waals surface area contributed by atoms with Crippen LogP contribution in [0.25, 0.3) is 0 Å². The largest absolute Gasteiger partial charge is 0.469 e. The van der Waals surface area contributed by atoms with Gasteiger partial charge in [0.2, 0.25) is 0 Å². The molecule has 0 unspecified atom stereocenters. The van der Waals surface area contributed by atoms with Crippen LogP contribution in [0.2, 0.25) is 5.02 Å². The maximum atomic E-state index is 12.8. The predicted molar refractivity (Wildman–Crippen MR) is 62.9 cm³/mol. The molecule has 17 heavy (non-hydrogen) atoms. The van der Waals surface area contributed by atoms with Crippen LogP contribution in [0.3, 0.4) is 0 Å². The lowest BCUT2D eigenvalue weighted by Crippen LogP contribution is -2.02. The number of Topliss-reactive ketones (excluding diaryl/α,β-unsaturated/α-hetero) is 1. The molecule has 0 radical (unpaired) electrons. The van der Waals surface area contributed by atoms with Crippen LogP contribution in [0, 0.1) is 12.7 Å². The lowest BCUT2D eigenvalue weighted by atomic mass is 10.1. The van der Waals surface area contributed by atoms with Gasteiger partial charge in [-0.1, -0.05) is 17.7 Å². The molecule has 0 saturated carbocycles. The molecule has 2 rings (SSSR count). The summed E-state index contributed by atoms with van der Waals surface area (Å²) in [6.07, 6.45) is 1.55. The Balaban J connectivity index is 2.18. The Labute approximate surface area is 103 Å².